The molecule has 0 bridgehead atoms. The Hall–Kier alpha value is -1.22. The second-order valence-corrected chi connectivity index (χ2v) is 2.92. The topological polar surface area (TPSA) is 52.5 Å². The van der Waals surface area contributed by atoms with Crippen molar-refractivity contribution in [2.45, 2.75) is 12.8 Å². The van der Waals surface area contributed by atoms with Gasteiger partial charge in [-0.2, -0.15) is 0 Å². The molecule has 3 N–H and O–H groups in total. The minimum Gasteiger partial charge on any atom is -0.508 e. The number of hydrogen-bond acceptors (Lipinski definition) is 3. The summed E-state index contributed by atoms with van der Waals surface area (Å²) in [7, 11) is 1.84. The number of rotatable bonds is 4. The van der Waals surface area contributed by atoms with E-state index < -0.39 is 0 Å². The minimum atomic E-state index is 0.179. The Labute approximate surface area is 78.0 Å². The summed E-state index contributed by atoms with van der Waals surface area (Å²) in [6, 6.07) is 5.21. The molecule has 0 unspecified atom stereocenters. The molecular formula is C10H15NO2. The molecular weight excluding hydrogens is 166 g/mol. The molecule has 0 aliphatic rings. The van der Waals surface area contributed by atoms with Gasteiger partial charge in [-0.15, -0.1) is 0 Å². The van der Waals surface area contributed by atoms with Crippen molar-refractivity contribution in [3.05, 3.63) is 23.8 Å². The fourth-order valence-electron chi connectivity index (χ4n) is 1.30. The van der Waals surface area contributed by atoms with Crippen molar-refractivity contribution < 1.29 is 10.2 Å². The van der Waals surface area contributed by atoms with Gasteiger partial charge in [-0.3, -0.25) is 0 Å². The molecule has 0 aliphatic heterocycles. The molecule has 0 aromatic heterocycles. The molecule has 0 aliphatic carbocycles. The van der Waals surface area contributed by atoms with E-state index in [9.17, 15) is 5.11 Å². The molecule has 0 fully saturated rings. The third-order valence-corrected chi connectivity index (χ3v) is 1.96. The van der Waals surface area contributed by atoms with Gasteiger partial charge in [0.1, 0.15) is 5.75 Å². The van der Waals surface area contributed by atoms with E-state index in [0.717, 1.165) is 24.1 Å². The van der Waals surface area contributed by atoms with Crippen molar-refractivity contribution in [3.8, 4) is 5.75 Å². The first-order valence-corrected chi connectivity index (χ1v) is 4.38. The van der Waals surface area contributed by atoms with Gasteiger partial charge in [0, 0.05) is 19.3 Å². The van der Waals surface area contributed by atoms with Gasteiger partial charge in [0.25, 0.3) is 0 Å². The lowest BCUT2D eigenvalue weighted by atomic mass is 10.1. The van der Waals surface area contributed by atoms with Crippen molar-refractivity contribution >= 4 is 5.69 Å². The number of aliphatic hydroxyl groups is 1. The third kappa shape index (κ3) is 2.63. The highest BCUT2D eigenvalue weighted by Gasteiger charge is 2.01. The van der Waals surface area contributed by atoms with Gasteiger partial charge in [0.05, 0.1) is 0 Å². The second-order valence-electron chi connectivity index (χ2n) is 2.92. The van der Waals surface area contributed by atoms with Gasteiger partial charge in [-0.25, -0.2) is 0 Å². The highest BCUT2D eigenvalue weighted by atomic mass is 16.3. The molecule has 0 saturated carbocycles. The average Bonchev–Trinajstić information content (AvgIpc) is 2.15. The molecule has 72 valence electrons. The van der Waals surface area contributed by atoms with Crippen LogP contribution in [0, 0.1) is 0 Å². The predicted molar refractivity (Wildman–Crippen MR) is 53.1 cm³/mol. The maximum absolute atomic E-state index is 9.24. The summed E-state index contributed by atoms with van der Waals surface area (Å²) in [5.74, 6) is 0.270. The van der Waals surface area contributed by atoms with Gasteiger partial charge < -0.3 is 15.5 Å². The monoisotopic (exact) mass is 181 g/mol. The van der Waals surface area contributed by atoms with Gasteiger partial charge >= 0.3 is 0 Å². The van der Waals surface area contributed by atoms with Gasteiger partial charge in [0.2, 0.25) is 0 Å². The number of aliphatic hydroxyl groups excluding tert-OH is 1. The molecule has 1 aromatic rings. The Bertz CT molecular complexity index is 274. The summed E-state index contributed by atoms with van der Waals surface area (Å²) in [6.07, 6.45) is 1.50. The van der Waals surface area contributed by atoms with Crippen LogP contribution in [-0.2, 0) is 6.42 Å². The van der Waals surface area contributed by atoms with E-state index in [1.54, 1.807) is 12.1 Å². The number of hydrogen-bond donors (Lipinski definition) is 3. The number of anilines is 1. The summed E-state index contributed by atoms with van der Waals surface area (Å²) in [5, 5.41) is 21.0. The normalized spacial score (nSPS) is 10.0. The molecule has 3 heteroatoms. The van der Waals surface area contributed by atoms with Crippen LogP contribution in [-0.4, -0.2) is 23.9 Å². The van der Waals surface area contributed by atoms with Crippen LogP contribution in [0.15, 0.2) is 18.2 Å². The smallest absolute Gasteiger partial charge is 0.116 e. The molecule has 1 aromatic carbocycles. The minimum absolute atomic E-state index is 0.179. The first kappa shape index (κ1) is 9.86. The first-order valence-electron chi connectivity index (χ1n) is 4.38. The van der Waals surface area contributed by atoms with Crippen LogP contribution >= 0.6 is 0 Å². The maximum atomic E-state index is 9.24. The van der Waals surface area contributed by atoms with Crippen molar-refractivity contribution in [2.75, 3.05) is 19.0 Å². The Morgan fingerprint density at radius 1 is 1.38 bits per heavy atom. The number of phenolic OH excluding ortho intramolecular Hbond substituents is 1. The van der Waals surface area contributed by atoms with Gasteiger partial charge in [-0.05, 0) is 36.6 Å². The van der Waals surface area contributed by atoms with Crippen molar-refractivity contribution in [3.63, 3.8) is 0 Å². The summed E-state index contributed by atoms with van der Waals surface area (Å²) in [4.78, 5) is 0. The number of benzene rings is 1. The van der Waals surface area contributed by atoms with Crippen LogP contribution in [0.25, 0.3) is 0 Å². The van der Waals surface area contributed by atoms with Crippen molar-refractivity contribution in [1.29, 1.82) is 0 Å². The Balaban J connectivity index is 2.81. The first-order chi connectivity index (χ1) is 6.27. The van der Waals surface area contributed by atoms with Crippen molar-refractivity contribution in [1.82, 2.24) is 0 Å². The van der Waals surface area contributed by atoms with E-state index in [1.807, 2.05) is 13.1 Å². The van der Waals surface area contributed by atoms with Gasteiger partial charge in [-0.1, -0.05) is 0 Å². The summed E-state index contributed by atoms with van der Waals surface area (Å²) >= 11 is 0. The molecule has 0 atom stereocenters. The zero-order chi connectivity index (χ0) is 9.68. The van der Waals surface area contributed by atoms with E-state index in [4.69, 9.17) is 5.11 Å². The second kappa shape index (κ2) is 4.72. The molecule has 0 saturated heterocycles. The number of nitrogens with one attached hydrogen (secondary N) is 1. The Morgan fingerprint density at radius 3 is 2.77 bits per heavy atom. The predicted octanol–water partition coefficient (Wildman–Crippen LogP) is 1.36. The van der Waals surface area contributed by atoms with E-state index in [2.05, 4.69) is 5.32 Å². The summed E-state index contributed by atoms with van der Waals surface area (Å²) in [6.45, 7) is 0.179. The highest BCUT2D eigenvalue weighted by Crippen LogP contribution is 2.21. The van der Waals surface area contributed by atoms with Gasteiger partial charge in [0.15, 0.2) is 0 Å². The Kier molecular flexibility index (Phi) is 3.58. The standard InChI is InChI=1S/C10H15NO2/c1-11-10-5-4-9(13)7-8(10)3-2-6-12/h4-5,7,11-13H,2-3,6H2,1H3. The lowest BCUT2D eigenvalue weighted by molar-refractivity contribution is 0.288. The lowest BCUT2D eigenvalue weighted by Crippen LogP contribution is -1.96. The average molecular weight is 181 g/mol. The van der Waals surface area contributed by atoms with Crippen LogP contribution in [0.3, 0.4) is 0 Å². The molecule has 0 heterocycles. The summed E-state index contributed by atoms with van der Waals surface area (Å²) in [5.41, 5.74) is 2.04. The number of aryl methyl sites for hydroxylation is 1. The van der Waals surface area contributed by atoms with Crippen molar-refractivity contribution in [2.24, 2.45) is 0 Å². The zero-order valence-corrected chi connectivity index (χ0v) is 7.75. The molecule has 0 radical (unpaired) electrons. The van der Waals surface area contributed by atoms with Crippen LogP contribution in [0.5, 0.6) is 5.75 Å². The SMILES string of the molecule is CNc1ccc(O)cc1CCCO. The van der Waals surface area contributed by atoms with E-state index >= 15 is 0 Å². The molecule has 0 amide bonds. The summed E-state index contributed by atoms with van der Waals surface area (Å²) < 4.78 is 0. The quantitative estimate of drug-likeness (QED) is 0.615. The number of phenols is 1. The van der Waals surface area contributed by atoms with E-state index in [0.29, 0.717) is 0 Å². The highest BCUT2D eigenvalue weighted by molar-refractivity contribution is 5.53. The third-order valence-electron chi connectivity index (χ3n) is 1.96. The molecule has 1 rings (SSSR count). The molecule has 3 nitrogen and oxygen atoms in total. The largest absolute Gasteiger partial charge is 0.508 e. The fourth-order valence-corrected chi connectivity index (χ4v) is 1.30. The molecule has 13 heavy (non-hydrogen) atoms. The van der Waals surface area contributed by atoms with Crippen LogP contribution in [0.4, 0.5) is 5.69 Å². The number of aromatic hydroxyl groups is 1. The fraction of sp³-hybridized carbons (Fsp3) is 0.400. The van der Waals surface area contributed by atoms with Crippen LogP contribution in [0.1, 0.15) is 12.0 Å². The lowest BCUT2D eigenvalue weighted by Gasteiger charge is -2.08. The van der Waals surface area contributed by atoms with E-state index in [-0.39, 0.29) is 12.4 Å². The zero-order valence-electron chi connectivity index (χ0n) is 7.75. The van der Waals surface area contributed by atoms with Crippen LogP contribution in [0.2, 0.25) is 0 Å². The van der Waals surface area contributed by atoms with Crippen LogP contribution < -0.4 is 5.32 Å². The maximum Gasteiger partial charge on any atom is 0.116 e. The Morgan fingerprint density at radius 2 is 2.15 bits per heavy atom. The van der Waals surface area contributed by atoms with E-state index in [1.165, 1.54) is 0 Å². The molecule has 0 spiro atoms.